The van der Waals surface area contributed by atoms with Crippen LogP contribution in [0.1, 0.15) is 20.3 Å². The summed E-state index contributed by atoms with van der Waals surface area (Å²) >= 11 is 1.90. The summed E-state index contributed by atoms with van der Waals surface area (Å²) < 4.78 is 5.65. The third kappa shape index (κ3) is 2.38. The topological polar surface area (TPSA) is 9.23 Å². The van der Waals surface area contributed by atoms with Gasteiger partial charge in [0.1, 0.15) is 0 Å². The van der Waals surface area contributed by atoms with E-state index >= 15 is 0 Å². The van der Waals surface area contributed by atoms with Gasteiger partial charge in [-0.25, -0.2) is 0 Å². The molecule has 2 atom stereocenters. The van der Waals surface area contributed by atoms with Crippen molar-refractivity contribution >= 4 is 11.8 Å². The lowest BCUT2D eigenvalue weighted by Crippen LogP contribution is -2.22. The summed E-state index contributed by atoms with van der Waals surface area (Å²) in [7, 11) is 0. The van der Waals surface area contributed by atoms with Crippen LogP contribution >= 0.6 is 11.8 Å². The van der Waals surface area contributed by atoms with Gasteiger partial charge in [-0.3, -0.25) is 0 Å². The minimum atomic E-state index is 0.532. The molecule has 1 rings (SSSR count). The predicted octanol–water partition coefficient (Wildman–Crippen LogP) is 2.41. The van der Waals surface area contributed by atoms with Crippen LogP contribution in [0.2, 0.25) is 0 Å². The molecule has 1 aliphatic heterocycles. The fourth-order valence-electron chi connectivity index (χ4n) is 1.76. The monoisotopic (exact) mass is 174 g/mol. The van der Waals surface area contributed by atoms with Gasteiger partial charge in [-0.2, -0.15) is 11.8 Å². The standard InChI is InChI=1S/C9H18OS/c1-7(2)8-4-5-10-9(8)6-11-3/h7-9H,4-6H2,1-3H3. The fraction of sp³-hybridized carbons (Fsp3) is 1.00. The first-order chi connectivity index (χ1) is 5.25. The molecule has 1 fully saturated rings. The molecule has 0 aliphatic carbocycles. The smallest absolute Gasteiger partial charge is 0.0696 e. The Bertz CT molecular complexity index is 114. The second-order valence-corrected chi connectivity index (χ2v) is 4.47. The molecule has 1 heterocycles. The zero-order valence-corrected chi connectivity index (χ0v) is 8.49. The van der Waals surface area contributed by atoms with Crippen molar-refractivity contribution in [1.29, 1.82) is 0 Å². The van der Waals surface area contributed by atoms with E-state index < -0.39 is 0 Å². The molecule has 0 aromatic carbocycles. The van der Waals surface area contributed by atoms with Gasteiger partial charge < -0.3 is 4.74 Å². The van der Waals surface area contributed by atoms with E-state index in [1.54, 1.807) is 0 Å². The zero-order chi connectivity index (χ0) is 8.27. The first-order valence-electron chi connectivity index (χ1n) is 4.36. The van der Waals surface area contributed by atoms with E-state index in [9.17, 15) is 0 Å². The molecule has 66 valence electrons. The molecule has 0 aromatic rings. The van der Waals surface area contributed by atoms with E-state index in [1.165, 1.54) is 12.2 Å². The highest BCUT2D eigenvalue weighted by molar-refractivity contribution is 7.98. The largest absolute Gasteiger partial charge is 0.377 e. The molecule has 11 heavy (non-hydrogen) atoms. The van der Waals surface area contributed by atoms with E-state index in [1.807, 2.05) is 11.8 Å². The minimum absolute atomic E-state index is 0.532. The van der Waals surface area contributed by atoms with Gasteiger partial charge in [0.15, 0.2) is 0 Å². The van der Waals surface area contributed by atoms with E-state index in [2.05, 4.69) is 20.1 Å². The Labute approximate surface area is 73.9 Å². The van der Waals surface area contributed by atoms with Gasteiger partial charge in [0.2, 0.25) is 0 Å². The molecular formula is C9H18OS. The molecule has 0 N–H and O–H groups in total. The summed E-state index contributed by atoms with van der Waals surface area (Å²) in [5.74, 6) is 2.76. The Morgan fingerprint density at radius 1 is 1.55 bits per heavy atom. The number of hydrogen-bond donors (Lipinski definition) is 0. The van der Waals surface area contributed by atoms with E-state index in [4.69, 9.17) is 4.74 Å². The minimum Gasteiger partial charge on any atom is -0.377 e. The third-order valence-corrected chi connectivity index (χ3v) is 3.11. The fourth-order valence-corrected chi connectivity index (χ4v) is 2.44. The second kappa shape index (κ2) is 4.36. The van der Waals surface area contributed by atoms with Crippen molar-refractivity contribution in [2.24, 2.45) is 11.8 Å². The van der Waals surface area contributed by atoms with Crippen LogP contribution in [0.5, 0.6) is 0 Å². The Morgan fingerprint density at radius 3 is 2.82 bits per heavy atom. The molecule has 1 saturated heterocycles. The molecule has 0 amide bonds. The number of thioether (sulfide) groups is 1. The van der Waals surface area contributed by atoms with Crippen LogP contribution in [0.4, 0.5) is 0 Å². The molecule has 0 bridgehead atoms. The molecule has 1 nitrogen and oxygen atoms in total. The van der Waals surface area contributed by atoms with Gasteiger partial charge in [0.25, 0.3) is 0 Å². The first kappa shape index (κ1) is 9.40. The van der Waals surface area contributed by atoms with Crippen LogP contribution in [0.25, 0.3) is 0 Å². The van der Waals surface area contributed by atoms with Gasteiger partial charge in [0, 0.05) is 12.4 Å². The lowest BCUT2D eigenvalue weighted by molar-refractivity contribution is 0.0984. The summed E-state index contributed by atoms with van der Waals surface area (Å²) in [5, 5.41) is 0. The highest BCUT2D eigenvalue weighted by Gasteiger charge is 2.29. The lowest BCUT2D eigenvalue weighted by atomic mass is 9.90. The van der Waals surface area contributed by atoms with Crippen LogP contribution < -0.4 is 0 Å². The Morgan fingerprint density at radius 2 is 2.27 bits per heavy atom. The maximum Gasteiger partial charge on any atom is 0.0696 e. The summed E-state index contributed by atoms with van der Waals surface area (Å²) in [5.41, 5.74) is 0. The summed E-state index contributed by atoms with van der Waals surface area (Å²) in [6.45, 7) is 5.58. The van der Waals surface area contributed by atoms with Crippen LogP contribution in [0.3, 0.4) is 0 Å². The average molecular weight is 174 g/mol. The van der Waals surface area contributed by atoms with Crippen molar-refractivity contribution in [2.45, 2.75) is 26.4 Å². The van der Waals surface area contributed by atoms with Crippen molar-refractivity contribution in [3.63, 3.8) is 0 Å². The van der Waals surface area contributed by atoms with Gasteiger partial charge in [-0.15, -0.1) is 0 Å². The van der Waals surface area contributed by atoms with Crippen LogP contribution in [-0.2, 0) is 4.74 Å². The van der Waals surface area contributed by atoms with E-state index in [0.717, 1.165) is 18.4 Å². The Kier molecular flexibility index (Phi) is 3.73. The molecular weight excluding hydrogens is 156 g/mol. The van der Waals surface area contributed by atoms with Crippen molar-refractivity contribution in [2.75, 3.05) is 18.6 Å². The van der Waals surface area contributed by atoms with Gasteiger partial charge in [0.05, 0.1) is 6.10 Å². The maximum atomic E-state index is 5.65. The molecule has 1 aliphatic rings. The normalized spacial score (nSPS) is 31.6. The molecule has 0 aromatic heterocycles. The van der Waals surface area contributed by atoms with Gasteiger partial charge >= 0.3 is 0 Å². The predicted molar refractivity (Wildman–Crippen MR) is 51.1 cm³/mol. The number of hydrogen-bond acceptors (Lipinski definition) is 2. The van der Waals surface area contributed by atoms with Crippen LogP contribution in [0.15, 0.2) is 0 Å². The van der Waals surface area contributed by atoms with Crippen molar-refractivity contribution in [3.05, 3.63) is 0 Å². The quantitative estimate of drug-likeness (QED) is 0.650. The van der Waals surface area contributed by atoms with Gasteiger partial charge in [-0.1, -0.05) is 13.8 Å². The molecule has 0 saturated carbocycles. The highest BCUT2D eigenvalue weighted by Crippen LogP contribution is 2.29. The van der Waals surface area contributed by atoms with Crippen molar-refractivity contribution in [3.8, 4) is 0 Å². The zero-order valence-electron chi connectivity index (χ0n) is 7.67. The maximum absolute atomic E-state index is 5.65. The van der Waals surface area contributed by atoms with E-state index in [0.29, 0.717) is 6.10 Å². The van der Waals surface area contributed by atoms with Crippen molar-refractivity contribution in [1.82, 2.24) is 0 Å². The van der Waals surface area contributed by atoms with E-state index in [-0.39, 0.29) is 0 Å². The van der Waals surface area contributed by atoms with Crippen molar-refractivity contribution < 1.29 is 4.74 Å². The molecule has 0 spiro atoms. The highest BCUT2D eigenvalue weighted by atomic mass is 32.2. The SMILES string of the molecule is CSCC1OCCC1C(C)C. The molecule has 0 radical (unpaired) electrons. The number of rotatable bonds is 3. The second-order valence-electron chi connectivity index (χ2n) is 3.56. The number of ether oxygens (including phenoxy) is 1. The molecule has 2 heteroatoms. The third-order valence-electron chi connectivity index (χ3n) is 2.45. The summed E-state index contributed by atoms with van der Waals surface area (Å²) in [4.78, 5) is 0. The Hall–Kier alpha value is 0.310. The lowest BCUT2D eigenvalue weighted by Gasteiger charge is -2.20. The summed E-state index contributed by atoms with van der Waals surface area (Å²) in [6.07, 6.45) is 3.95. The van der Waals surface area contributed by atoms with Crippen LogP contribution in [-0.4, -0.2) is 24.7 Å². The van der Waals surface area contributed by atoms with Crippen LogP contribution in [0, 0.1) is 11.8 Å². The summed E-state index contributed by atoms with van der Waals surface area (Å²) in [6, 6.07) is 0. The molecule has 2 unspecified atom stereocenters. The Balaban J connectivity index is 2.37. The van der Waals surface area contributed by atoms with Gasteiger partial charge in [-0.05, 0) is 24.5 Å². The average Bonchev–Trinajstić information content (AvgIpc) is 2.36. The first-order valence-corrected chi connectivity index (χ1v) is 5.75.